The van der Waals surface area contributed by atoms with E-state index in [0.29, 0.717) is 34.8 Å². The topological polar surface area (TPSA) is 96.9 Å². The van der Waals surface area contributed by atoms with Gasteiger partial charge in [0.25, 0.3) is 5.91 Å². The Morgan fingerprint density at radius 3 is 2.00 bits per heavy atom. The van der Waals surface area contributed by atoms with E-state index in [9.17, 15) is 14.7 Å². The molecule has 2 amide bonds. The van der Waals surface area contributed by atoms with Crippen LogP contribution in [-0.2, 0) is 24.4 Å². The molecule has 0 aliphatic rings. The van der Waals surface area contributed by atoms with Crippen molar-refractivity contribution >= 4 is 11.8 Å². The lowest BCUT2D eigenvalue weighted by atomic mass is 10.1. The third kappa shape index (κ3) is 7.35. The minimum atomic E-state index is -0.514. The molecule has 0 aromatic heterocycles. The monoisotopic (exact) mass is 496 g/mol. The van der Waals surface area contributed by atoms with E-state index in [1.54, 1.807) is 31.2 Å². The average molecular weight is 497 g/mol. The van der Waals surface area contributed by atoms with Crippen LogP contribution in [0, 0.1) is 6.92 Å². The quantitative estimate of drug-likeness (QED) is 0.288. The normalized spacial score (nSPS) is 10.4. The van der Waals surface area contributed by atoms with E-state index < -0.39 is 11.8 Å². The van der Waals surface area contributed by atoms with Gasteiger partial charge in [0.1, 0.15) is 30.5 Å². The fourth-order valence-electron chi connectivity index (χ4n) is 3.77. The fraction of sp³-hybridized carbons (Fsp3) is 0.133. The molecule has 0 saturated carbocycles. The summed E-state index contributed by atoms with van der Waals surface area (Å²) in [5, 5.41) is 9.59. The summed E-state index contributed by atoms with van der Waals surface area (Å²) in [6.07, 6.45) is -0.00269. The highest BCUT2D eigenvalue weighted by Crippen LogP contribution is 2.30. The van der Waals surface area contributed by atoms with Crippen molar-refractivity contribution in [2.45, 2.75) is 26.6 Å². The molecule has 3 N–H and O–H groups in total. The van der Waals surface area contributed by atoms with Gasteiger partial charge in [-0.2, -0.15) is 0 Å². The summed E-state index contributed by atoms with van der Waals surface area (Å²) >= 11 is 0. The summed E-state index contributed by atoms with van der Waals surface area (Å²) < 4.78 is 12.0. The van der Waals surface area contributed by atoms with Gasteiger partial charge in [-0.25, -0.2) is 0 Å². The lowest BCUT2D eigenvalue weighted by molar-refractivity contribution is -0.121. The van der Waals surface area contributed by atoms with Crippen molar-refractivity contribution in [1.29, 1.82) is 0 Å². The molecule has 0 bridgehead atoms. The second kappa shape index (κ2) is 12.3. The third-order valence-electron chi connectivity index (χ3n) is 5.58. The van der Waals surface area contributed by atoms with Crippen molar-refractivity contribution in [3.05, 3.63) is 125 Å². The van der Waals surface area contributed by atoms with Gasteiger partial charge in [-0.3, -0.25) is 20.4 Å². The van der Waals surface area contributed by atoms with Crippen LogP contribution in [0.25, 0.3) is 0 Å². The molecule has 4 aromatic carbocycles. The van der Waals surface area contributed by atoms with Gasteiger partial charge in [0.2, 0.25) is 5.91 Å². The van der Waals surface area contributed by atoms with Gasteiger partial charge in [0.05, 0.1) is 12.0 Å². The average Bonchev–Trinajstić information content (AvgIpc) is 2.90. The van der Waals surface area contributed by atoms with Crippen LogP contribution < -0.4 is 20.3 Å². The van der Waals surface area contributed by atoms with Gasteiger partial charge >= 0.3 is 0 Å². The molecule has 0 spiro atoms. The van der Waals surface area contributed by atoms with Gasteiger partial charge in [0.15, 0.2) is 0 Å². The van der Waals surface area contributed by atoms with Crippen LogP contribution in [0.2, 0.25) is 0 Å². The molecule has 188 valence electrons. The summed E-state index contributed by atoms with van der Waals surface area (Å²) in [4.78, 5) is 25.5. The standard InChI is InChI=1S/C30H28N2O5/c1-21-15-26(36-19-22-9-4-2-5-10-22)18-27(37-20-23-11-6-3-7-12-23)29(21)30(35)32-31-28(34)17-24-13-8-14-25(33)16-24/h2-16,18,33H,17,19-20H2,1H3,(H,31,34)(H,32,35). The number of hydrogen-bond donors (Lipinski definition) is 3. The lowest BCUT2D eigenvalue weighted by Crippen LogP contribution is -2.42. The molecule has 7 nitrogen and oxygen atoms in total. The largest absolute Gasteiger partial charge is 0.508 e. The van der Waals surface area contributed by atoms with Gasteiger partial charge in [-0.05, 0) is 47.4 Å². The van der Waals surface area contributed by atoms with Crippen molar-refractivity contribution in [3.8, 4) is 17.2 Å². The number of ether oxygens (including phenoxy) is 2. The molecule has 7 heteroatoms. The SMILES string of the molecule is Cc1cc(OCc2ccccc2)cc(OCc2ccccc2)c1C(=O)NNC(=O)Cc1cccc(O)c1. The predicted molar refractivity (Wildman–Crippen MR) is 140 cm³/mol. The molecule has 4 aromatic rings. The Bertz CT molecular complexity index is 1360. The van der Waals surface area contributed by atoms with Crippen molar-refractivity contribution in [2.75, 3.05) is 0 Å². The molecule has 4 rings (SSSR count). The van der Waals surface area contributed by atoms with E-state index in [0.717, 1.165) is 11.1 Å². The van der Waals surface area contributed by atoms with E-state index in [1.807, 2.05) is 60.7 Å². The number of amides is 2. The van der Waals surface area contributed by atoms with E-state index >= 15 is 0 Å². The van der Waals surface area contributed by atoms with Crippen molar-refractivity contribution in [2.24, 2.45) is 0 Å². The maximum Gasteiger partial charge on any atom is 0.273 e. The number of carbonyl (C=O) groups excluding carboxylic acids is 2. The third-order valence-corrected chi connectivity index (χ3v) is 5.58. The van der Waals surface area contributed by atoms with Gasteiger partial charge < -0.3 is 14.6 Å². The molecule has 0 aliphatic heterocycles. The first-order valence-electron chi connectivity index (χ1n) is 11.8. The highest BCUT2D eigenvalue weighted by atomic mass is 16.5. The number of rotatable bonds is 9. The predicted octanol–water partition coefficient (Wildman–Crippen LogP) is 4.86. The van der Waals surface area contributed by atoms with Crippen molar-refractivity contribution in [1.82, 2.24) is 10.9 Å². The maximum atomic E-state index is 13.1. The minimum absolute atomic E-state index is 0.00269. The van der Waals surface area contributed by atoms with E-state index in [1.165, 1.54) is 12.1 Å². The first-order valence-corrected chi connectivity index (χ1v) is 11.8. The van der Waals surface area contributed by atoms with Crippen LogP contribution in [0.4, 0.5) is 0 Å². The highest BCUT2D eigenvalue weighted by molar-refractivity contribution is 5.99. The molecule has 0 aliphatic carbocycles. The Morgan fingerprint density at radius 2 is 1.35 bits per heavy atom. The van der Waals surface area contributed by atoms with Crippen molar-refractivity contribution in [3.63, 3.8) is 0 Å². The first kappa shape index (κ1) is 25.3. The summed E-state index contributed by atoms with van der Waals surface area (Å²) in [6, 6.07) is 29.2. The summed E-state index contributed by atoms with van der Waals surface area (Å²) in [7, 11) is 0. The van der Waals surface area contributed by atoms with Crippen molar-refractivity contribution < 1.29 is 24.2 Å². The van der Waals surface area contributed by atoms with Crippen LogP contribution in [0.1, 0.15) is 32.6 Å². The number of nitrogens with one attached hydrogen (secondary N) is 2. The Balaban J connectivity index is 1.49. The minimum Gasteiger partial charge on any atom is -0.508 e. The second-order valence-corrected chi connectivity index (χ2v) is 8.51. The van der Waals surface area contributed by atoms with Gasteiger partial charge in [-0.1, -0.05) is 72.8 Å². The highest BCUT2D eigenvalue weighted by Gasteiger charge is 2.19. The fourth-order valence-corrected chi connectivity index (χ4v) is 3.77. The number of carbonyl (C=O) groups is 2. The van der Waals surface area contributed by atoms with E-state index in [-0.39, 0.29) is 18.8 Å². The zero-order valence-electron chi connectivity index (χ0n) is 20.4. The Morgan fingerprint density at radius 1 is 0.730 bits per heavy atom. The number of hydrazine groups is 1. The number of hydrogen-bond acceptors (Lipinski definition) is 5. The zero-order chi connectivity index (χ0) is 26.0. The van der Waals surface area contributed by atoms with Gasteiger partial charge in [-0.15, -0.1) is 0 Å². The molecular weight excluding hydrogens is 468 g/mol. The second-order valence-electron chi connectivity index (χ2n) is 8.51. The van der Waals surface area contributed by atoms with E-state index in [2.05, 4.69) is 10.9 Å². The number of benzene rings is 4. The zero-order valence-corrected chi connectivity index (χ0v) is 20.4. The first-order chi connectivity index (χ1) is 18.0. The molecule has 0 atom stereocenters. The maximum absolute atomic E-state index is 13.1. The Kier molecular flexibility index (Phi) is 8.39. The molecule has 0 radical (unpaired) electrons. The summed E-state index contributed by atoms with van der Waals surface area (Å²) in [5.41, 5.74) is 8.41. The number of aryl methyl sites for hydroxylation is 1. The number of phenolic OH excluding ortho intramolecular Hbond substituents is 1. The smallest absolute Gasteiger partial charge is 0.273 e. The molecule has 0 saturated heterocycles. The number of aromatic hydroxyl groups is 1. The summed E-state index contributed by atoms with van der Waals surface area (Å²) in [5.74, 6) is 0.0332. The summed E-state index contributed by atoms with van der Waals surface area (Å²) in [6.45, 7) is 2.41. The van der Waals surface area contributed by atoms with Crippen LogP contribution in [0.3, 0.4) is 0 Å². The van der Waals surface area contributed by atoms with Crippen LogP contribution >= 0.6 is 0 Å². The molecule has 0 unspecified atom stereocenters. The Hall–Kier alpha value is -4.78. The van der Waals surface area contributed by atoms with Crippen LogP contribution in [0.5, 0.6) is 17.2 Å². The van der Waals surface area contributed by atoms with E-state index in [4.69, 9.17) is 9.47 Å². The molecule has 0 fully saturated rings. The Labute approximate surface area is 215 Å². The molecule has 0 heterocycles. The number of phenols is 1. The lowest BCUT2D eigenvalue weighted by Gasteiger charge is -2.17. The van der Waals surface area contributed by atoms with Crippen LogP contribution in [0.15, 0.2) is 97.1 Å². The molecule has 37 heavy (non-hydrogen) atoms. The molecular formula is C30H28N2O5. The van der Waals surface area contributed by atoms with Gasteiger partial charge in [0, 0.05) is 6.07 Å². The van der Waals surface area contributed by atoms with Crippen LogP contribution in [-0.4, -0.2) is 16.9 Å².